The van der Waals surface area contributed by atoms with Gasteiger partial charge in [0.15, 0.2) is 5.78 Å². The molecule has 0 spiro atoms. The van der Waals surface area contributed by atoms with Crippen LogP contribution in [0, 0.1) is 12.7 Å². The molecule has 0 fully saturated rings. The number of thiophene rings is 1. The molecule has 0 unspecified atom stereocenters. The van der Waals surface area contributed by atoms with Crippen LogP contribution in [0.2, 0.25) is 0 Å². The Balaban J connectivity index is 1.87. The van der Waals surface area contributed by atoms with E-state index < -0.39 is 0 Å². The van der Waals surface area contributed by atoms with Crippen LogP contribution in [0.5, 0.6) is 0 Å². The summed E-state index contributed by atoms with van der Waals surface area (Å²) in [5.74, 6) is -0.402. The van der Waals surface area contributed by atoms with E-state index in [1.54, 1.807) is 46.5 Å². The molecule has 2 aromatic heterocycles. The average molecular weight is 312 g/mol. The zero-order valence-electron chi connectivity index (χ0n) is 11.9. The van der Waals surface area contributed by atoms with Gasteiger partial charge in [-0.15, -0.1) is 0 Å². The third-order valence-electron chi connectivity index (χ3n) is 3.32. The first-order chi connectivity index (χ1) is 10.6. The van der Waals surface area contributed by atoms with Crippen molar-refractivity contribution in [1.29, 1.82) is 0 Å². The van der Waals surface area contributed by atoms with E-state index >= 15 is 0 Å². The fourth-order valence-electron chi connectivity index (χ4n) is 2.13. The third-order valence-corrected chi connectivity index (χ3v) is 4.02. The maximum absolute atomic E-state index is 13.0. The van der Waals surface area contributed by atoms with Gasteiger partial charge < -0.3 is 0 Å². The molecule has 0 atom stereocenters. The molecule has 0 aliphatic rings. The molecule has 0 aliphatic heterocycles. The fraction of sp³-hybridized carbons (Fsp3) is 0.0588. The molecular formula is C17H13FN2OS. The number of benzene rings is 1. The minimum atomic E-state index is -0.302. The summed E-state index contributed by atoms with van der Waals surface area (Å²) in [4.78, 5) is 12.3. The number of nitrogens with zero attached hydrogens (tertiary/aromatic N) is 2. The van der Waals surface area contributed by atoms with Gasteiger partial charge in [0, 0.05) is 0 Å². The zero-order chi connectivity index (χ0) is 15.5. The van der Waals surface area contributed by atoms with E-state index in [1.165, 1.54) is 12.1 Å². The number of carbonyl (C=O) groups is 1. The Bertz CT molecular complexity index is 817. The highest BCUT2D eigenvalue weighted by Crippen LogP contribution is 2.16. The molecule has 3 aromatic rings. The van der Waals surface area contributed by atoms with Gasteiger partial charge in [-0.2, -0.15) is 16.4 Å². The monoisotopic (exact) mass is 312 g/mol. The Morgan fingerprint density at radius 3 is 2.73 bits per heavy atom. The summed E-state index contributed by atoms with van der Waals surface area (Å²) in [6.07, 6.45) is 4.87. The number of hydrogen-bond acceptors (Lipinski definition) is 3. The van der Waals surface area contributed by atoms with Crippen LogP contribution in [-0.4, -0.2) is 15.6 Å². The lowest BCUT2D eigenvalue weighted by atomic mass is 10.1. The summed E-state index contributed by atoms with van der Waals surface area (Å²) < 4.78 is 14.6. The molecule has 0 amide bonds. The minimum Gasteiger partial charge on any atom is -0.289 e. The summed E-state index contributed by atoms with van der Waals surface area (Å²) in [7, 11) is 0. The van der Waals surface area contributed by atoms with Gasteiger partial charge in [0.25, 0.3) is 0 Å². The molecule has 0 aliphatic carbocycles. The highest BCUT2D eigenvalue weighted by molar-refractivity contribution is 7.08. The molecule has 110 valence electrons. The highest BCUT2D eigenvalue weighted by Gasteiger charge is 2.13. The topological polar surface area (TPSA) is 34.9 Å². The first-order valence-corrected chi connectivity index (χ1v) is 7.64. The Morgan fingerprint density at radius 1 is 1.27 bits per heavy atom. The van der Waals surface area contributed by atoms with E-state index in [1.807, 2.05) is 23.8 Å². The van der Waals surface area contributed by atoms with Crippen molar-refractivity contribution >= 4 is 23.2 Å². The molecule has 3 nitrogen and oxygen atoms in total. The number of carbonyl (C=O) groups excluding carboxylic acids is 1. The molecule has 0 radical (unpaired) electrons. The third kappa shape index (κ3) is 2.89. The fourth-order valence-corrected chi connectivity index (χ4v) is 2.75. The molecule has 3 rings (SSSR count). The predicted octanol–water partition coefficient (Wildman–Crippen LogP) is 4.28. The molecule has 0 bridgehead atoms. The van der Waals surface area contributed by atoms with Gasteiger partial charge >= 0.3 is 0 Å². The Kier molecular flexibility index (Phi) is 3.98. The van der Waals surface area contributed by atoms with Crippen LogP contribution in [0.1, 0.15) is 21.6 Å². The van der Waals surface area contributed by atoms with E-state index in [0.29, 0.717) is 5.56 Å². The maximum atomic E-state index is 13.0. The van der Waals surface area contributed by atoms with Gasteiger partial charge in [-0.3, -0.25) is 4.79 Å². The summed E-state index contributed by atoms with van der Waals surface area (Å²) in [5, 5.41) is 8.15. The lowest BCUT2D eigenvalue weighted by Gasteiger charge is -2.04. The minimum absolute atomic E-state index is 0.0999. The van der Waals surface area contributed by atoms with Crippen LogP contribution >= 0.6 is 11.3 Å². The van der Waals surface area contributed by atoms with E-state index in [4.69, 9.17) is 0 Å². The number of rotatable bonds is 4. The van der Waals surface area contributed by atoms with Gasteiger partial charge in [0.1, 0.15) is 5.82 Å². The smallest absolute Gasteiger partial charge is 0.189 e. The lowest BCUT2D eigenvalue weighted by Crippen LogP contribution is -2.01. The van der Waals surface area contributed by atoms with E-state index in [0.717, 1.165) is 16.9 Å². The maximum Gasteiger partial charge on any atom is 0.189 e. The number of ketones is 1. The normalized spacial score (nSPS) is 11.2. The molecule has 0 N–H and O–H groups in total. The second-order valence-electron chi connectivity index (χ2n) is 4.79. The van der Waals surface area contributed by atoms with Crippen molar-refractivity contribution < 1.29 is 9.18 Å². The first-order valence-electron chi connectivity index (χ1n) is 6.70. The van der Waals surface area contributed by atoms with Crippen molar-refractivity contribution in [3.05, 3.63) is 76.0 Å². The average Bonchev–Trinajstić information content (AvgIpc) is 3.15. The zero-order valence-corrected chi connectivity index (χ0v) is 12.7. The second kappa shape index (κ2) is 6.07. The lowest BCUT2D eigenvalue weighted by molar-refractivity contribution is 0.104. The van der Waals surface area contributed by atoms with Crippen LogP contribution in [0.15, 0.2) is 53.4 Å². The quantitative estimate of drug-likeness (QED) is 0.532. The van der Waals surface area contributed by atoms with Crippen molar-refractivity contribution in [2.24, 2.45) is 0 Å². The Hall–Kier alpha value is -2.53. The van der Waals surface area contributed by atoms with Crippen LogP contribution < -0.4 is 0 Å². The van der Waals surface area contributed by atoms with E-state index in [2.05, 4.69) is 5.10 Å². The molecule has 0 saturated heterocycles. The van der Waals surface area contributed by atoms with Gasteiger partial charge in [-0.05, 0) is 59.7 Å². The molecule has 2 heterocycles. The van der Waals surface area contributed by atoms with Crippen molar-refractivity contribution in [2.45, 2.75) is 6.92 Å². The van der Waals surface area contributed by atoms with Crippen molar-refractivity contribution in [3.63, 3.8) is 0 Å². The standard InChI is InChI=1S/C17H13FN2OS/c1-12-16(17(21)7-2-13-8-9-22-11-13)10-19-20(12)15-5-3-14(18)4-6-15/h2-11H,1H3/b7-2+. The van der Waals surface area contributed by atoms with Crippen LogP contribution in [0.25, 0.3) is 11.8 Å². The van der Waals surface area contributed by atoms with Gasteiger partial charge in [0.05, 0.1) is 23.1 Å². The van der Waals surface area contributed by atoms with E-state index in [9.17, 15) is 9.18 Å². The summed E-state index contributed by atoms with van der Waals surface area (Å²) >= 11 is 1.58. The van der Waals surface area contributed by atoms with Crippen molar-refractivity contribution in [3.8, 4) is 5.69 Å². The summed E-state index contributed by atoms with van der Waals surface area (Å²) in [6, 6.07) is 7.95. The van der Waals surface area contributed by atoms with Crippen molar-refractivity contribution in [1.82, 2.24) is 9.78 Å². The molecular weight excluding hydrogens is 299 g/mol. The second-order valence-corrected chi connectivity index (χ2v) is 5.57. The van der Waals surface area contributed by atoms with E-state index in [-0.39, 0.29) is 11.6 Å². The Labute approximate surface area is 131 Å². The number of aromatic nitrogens is 2. The number of allylic oxidation sites excluding steroid dienone is 1. The largest absolute Gasteiger partial charge is 0.289 e. The van der Waals surface area contributed by atoms with Crippen LogP contribution in [-0.2, 0) is 0 Å². The molecule has 5 heteroatoms. The van der Waals surface area contributed by atoms with Gasteiger partial charge in [-0.25, -0.2) is 9.07 Å². The van der Waals surface area contributed by atoms with Crippen LogP contribution in [0.3, 0.4) is 0 Å². The first kappa shape index (κ1) is 14.4. The van der Waals surface area contributed by atoms with Crippen LogP contribution in [0.4, 0.5) is 4.39 Å². The number of hydrogen-bond donors (Lipinski definition) is 0. The Morgan fingerprint density at radius 2 is 2.05 bits per heavy atom. The highest BCUT2D eigenvalue weighted by atomic mass is 32.1. The predicted molar refractivity (Wildman–Crippen MR) is 85.9 cm³/mol. The molecule has 0 saturated carbocycles. The van der Waals surface area contributed by atoms with Gasteiger partial charge in [-0.1, -0.05) is 6.08 Å². The molecule has 1 aromatic carbocycles. The van der Waals surface area contributed by atoms with Crippen molar-refractivity contribution in [2.75, 3.05) is 0 Å². The van der Waals surface area contributed by atoms with Gasteiger partial charge in [0.2, 0.25) is 0 Å². The molecule has 22 heavy (non-hydrogen) atoms. The summed E-state index contributed by atoms with van der Waals surface area (Å²) in [6.45, 7) is 1.82. The number of halogens is 1. The summed E-state index contributed by atoms with van der Waals surface area (Å²) in [5.41, 5.74) is 2.99. The SMILES string of the molecule is Cc1c(C(=O)/C=C/c2ccsc2)cnn1-c1ccc(F)cc1.